The summed E-state index contributed by atoms with van der Waals surface area (Å²) < 4.78 is 17.7. The lowest BCUT2D eigenvalue weighted by Crippen LogP contribution is -2.54. The van der Waals surface area contributed by atoms with E-state index in [9.17, 15) is 19.2 Å². The maximum Gasteiger partial charge on any atom is 0.226 e. The van der Waals surface area contributed by atoms with Crippen molar-refractivity contribution in [2.75, 3.05) is 48.5 Å². The molecule has 0 aromatic heterocycles. The van der Waals surface area contributed by atoms with Gasteiger partial charge in [0.1, 0.15) is 0 Å². The molecule has 0 saturated carbocycles. The molecule has 1 aliphatic heterocycles. The molecule has 1 aromatic rings. The molecule has 11 heteroatoms. The first-order valence-corrected chi connectivity index (χ1v) is 18.8. The molecule has 0 spiro atoms. The van der Waals surface area contributed by atoms with Gasteiger partial charge in [-0.2, -0.15) is 0 Å². The Morgan fingerprint density at radius 3 is 2.10 bits per heavy atom. The molecule has 0 radical (unpaired) electrons. The lowest BCUT2D eigenvalue weighted by molar-refractivity contribution is -0.149. The second kappa shape index (κ2) is 21.6. The lowest BCUT2D eigenvalue weighted by atomic mass is 9.84. The van der Waals surface area contributed by atoms with Gasteiger partial charge in [-0.3, -0.25) is 19.2 Å². The Kier molecular flexibility index (Phi) is 18.8. The van der Waals surface area contributed by atoms with E-state index in [-0.39, 0.29) is 66.2 Å². The fourth-order valence-electron chi connectivity index (χ4n) is 7.67. The van der Waals surface area contributed by atoms with E-state index in [0.29, 0.717) is 25.9 Å². The van der Waals surface area contributed by atoms with Crippen LogP contribution in [-0.4, -0.2) is 118 Å². The van der Waals surface area contributed by atoms with Crippen LogP contribution in [0.3, 0.4) is 0 Å². The summed E-state index contributed by atoms with van der Waals surface area (Å²) in [5, 5.41) is 6.16. The molecular formula is C40H68N4O7. The Morgan fingerprint density at radius 1 is 0.941 bits per heavy atom. The van der Waals surface area contributed by atoms with E-state index in [0.717, 1.165) is 12.0 Å². The zero-order valence-corrected chi connectivity index (χ0v) is 33.4. The summed E-state index contributed by atoms with van der Waals surface area (Å²) in [6.45, 7) is 14.7. The molecule has 11 nitrogen and oxygen atoms in total. The largest absolute Gasteiger partial charge is 0.380 e. The highest BCUT2D eigenvalue weighted by atomic mass is 16.5. The number of methoxy groups -OCH3 is 3. The molecule has 1 saturated heterocycles. The molecule has 1 heterocycles. The van der Waals surface area contributed by atoms with E-state index in [1.807, 2.05) is 65.0 Å². The molecule has 0 aliphatic carbocycles. The van der Waals surface area contributed by atoms with Gasteiger partial charge in [0.25, 0.3) is 0 Å². The number of hydrogen-bond donors (Lipinski definition) is 2. The average Bonchev–Trinajstić information content (AvgIpc) is 3.54. The van der Waals surface area contributed by atoms with Crippen molar-refractivity contribution in [3.05, 3.63) is 35.9 Å². The Bertz CT molecular complexity index is 1230. The predicted octanol–water partition coefficient (Wildman–Crippen LogP) is 4.37. The smallest absolute Gasteiger partial charge is 0.226 e. The monoisotopic (exact) mass is 717 g/mol. The van der Waals surface area contributed by atoms with Crippen molar-refractivity contribution in [1.29, 1.82) is 0 Å². The van der Waals surface area contributed by atoms with Crippen LogP contribution in [0.4, 0.5) is 0 Å². The van der Waals surface area contributed by atoms with Gasteiger partial charge in [-0.15, -0.1) is 0 Å². The van der Waals surface area contributed by atoms with Gasteiger partial charge in [0, 0.05) is 53.8 Å². The van der Waals surface area contributed by atoms with Crippen molar-refractivity contribution in [1.82, 2.24) is 20.4 Å². The van der Waals surface area contributed by atoms with E-state index in [1.54, 1.807) is 45.2 Å². The zero-order valence-electron chi connectivity index (χ0n) is 33.4. The zero-order chi connectivity index (χ0) is 38.4. The number of amides is 3. The molecule has 0 unspecified atom stereocenters. The summed E-state index contributed by atoms with van der Waals surface area (Å²) in [5.74, 6) is -1.37. The molecule has 3 amide bonds. The molecule has 2 rings (SSSR count). The number of Topliss-reactive ketones (excluding diaryl/α,β-unsaturated/α-hetero) is 1. The van der Waals surface area contributed by atoms with Crippen molar-refractivity contribution in [3.8, 4) is 0 Å². The van der Waals surface area contributed by atoms with Crippen LogP contribution in [-0.2, 0) is 39.8 Å². The van der Waals surface area contributed by atoms with Gasteiger partial charge in [-0.1, -0.05) is 85.2 Å². The summed E-state index contributed by atoms with van der Waals surface area (Å²) in [4.78, 5) is 58.6. The number of hydrogen-bond acceptors (Lipinski definition) is 8. The van der Waals surface area contributed by atoms with Crippen molar-refractivity contribution < 1.29 is 33.4 Å². The summed E-state index contributed by atoms with van der Waals surface area (Å²) in [5.41, 5.74) is 1.14. The molecule has 1 fully saturated rings. The molecule has 0 bridgehead atoms. The predicted molar refractivity (Wildman–Crippen MR) is 201 cm³/mol. The third-order valence-corrected chi connectivity index (χ3v) is 11.0. The summed E-state index contributed by atoms with van der Waals surface area (Å²) in [7, 11) is 8.33. The quantitative estimate of drug-likeness (QED) is 0.181. The lowest BCUT2D eigenvalue weighted by Gasteiger charge is -2.40. The van der Waals surface area contributed by atoms with Crippen molar-refractivity contribution >= 4 is 23.5 Å². The summed E-state index contributed by atoms with van der Waals surface area (Å²) >= 11 is 0. The number of nitrogens with one attached hydrogen (secondary N) is 2. The molecule has 2 N–H and O–H groups in total. The van der Waals surface area contributed by atoms with Gasteiger partial charge in [0.05, 0.1) is 48.8 Å². The Labute approximate surface area is 307 Å². The number of carbonyl (C=O) groups is 4. The van der Waals surface area contributed by atoms with E-state index < -0.39 is 36.1 Å². The van der Waals surface area contributed by atoms with Gasteiger partial charge in [0.15, 0.2) is 5.78 Å². The van der Waals surface area contributed by atoms with E-state index in [1.165, 1.54) is 0 Å². The molecule has 290 valence electrons. The standard InChI is InChI=1S/C40H68N4O7/c1-13-27(6)37(43(9)40(48)31(25(2)3)22-33(45)36(41-8)26(4)5)34(50-11)23-35(46)44-24-30(49-10)21-32(44)38(51-12)28(7)39(47)42-20-19-29-17-15-14-16-18-29/h14-18,25-28,30-32,34,36-38,41H,13,19-24H2,1-12H3,(H,42,47)/t27-,28+,30-,31-,32-,34+,36-,37-,38+/m0/s1. The van der Waals surface area contributed by atoms with Crippen LogP contribution in [0.2, 0.25) is 0 Å². The topological polar surface area (TPSA) is 127 Å². The minimum absolute atomic E-state index is 0.00774. The van der Waals surface area contributed by atoms with Crippen LogP contribution in [0.25, 0.3) is 0 Å². The van der Waals surface area contributed by atoms with Gasteiger partial charge in [-0.05, 0) is 43.2 Å². The minimum Gasteiger partial charge on any atom is -0.380 e. The van der Waals surface area contributed by atoms with Crippen LogP contribution in [0.5, 0.6) is 0 Å². The number of rotatable bonds is 22. The first-order chi connectivity index (χ1) is 24.2. The molecule has 1 aromatic carbocycles. The highest BCUT2D eigenvalue weighted by molar-refractivity contribution is 5.90. The minimum atomic E-state index is -0.604. The third-order valence-electron chi connectivity index (χ3n) is 11.0. The Hall–Kier alpha value is -2.86. The first kappa shape index (κ1) is 44.3. The van der Waals surface area contributed by atoms with Gasteiger partial charge in [0.2, 0.25) is 17.7 Å². The highest BCUT2D eigenvalue weighted by Gasteiger charge is 2.45. The number of nitrogens with zero attached hydrogens (tertiary/aromatic N) is 2. The second-order valence-electron chi connectivity index (χ2n) is 15.1. The number of likely N-dealkylation sites (N-methyl/N-ethyl adjacent to an activating group) is 2. The van der Waals surface area contributed by atoms with E-state index in [2.05, 4.69) is 24.5 Å². The maximum absolute atomic E-state index is 14.3. The highest BCUT2D eigenvalue weighted by Crippen LogP contribution is 2.31. The molecule has 51 heavy (non-hydrogen) atoms. The van der Waals surface area contributed by atoms with Crippen LogP contribution in [0, 0.1) is 29.6 Å². The maximum atomic E-state index is 14.3. The summed E-state index contributed by atoms with van der Waals surface area (Å²) in [6.07, 6.45) is 0.802. The Balaban J connectivity index is 2.28. The Morgan fingerprint density at radius 2 is 1.59 bits per heavy atom. The van der Waals surface area contributed by atoms with Crippen molar-refractivity contribution in [2.45, 2.75) is 117 Å². The number of ketones is 1. The molecular weight excluding hydrogens is 648 g/mol. The first-order valence-electron chi connectivity index (χ1n) is 18.8. The number of benzene rings is 1. The fraction of sp³-hybridized carbons (Fsp3) is 0.750. The summed E-state index contributed by atoms with van der Waals surface area (Å²) in [6, 6.07) is 8.85. The fourth-order valence-corrected chi connectivity index (χ4v) is 7.67. The average molecular weight is 717 g/mol. The van der Waals surface area contributed by atoms with Crippen molar-refractivity contribution in [3.63, 3.8) is 0 Å². The molecule has 9 atom stereocenters. The molecule has 1 aliphatic rings. The van der Waals surface area contributed by atoms with Crippen molar-refractivity contribution in [2.24, 2.45) is 29.6 Å². The van der Waals surface area contributed by atoms with Crippen LogP contribution in [0.1, 0.15) is 79.7 Å². The third kappa shape index (κ3) is 12.1. The van der Waals surface area contributed by atoms with Gasteiger partial charge >= 0.3 is 0 Å². The van der Waals surface area contributed by atoms with Gasteiger partial charge in [-0.25, -0.2) is 0 Å². The SMILES string of the molecule is CC[C@H](C)[C@@H]([C@@H](CC(=O)N1C[C@@H](OC)C[C@H]1[C@H](OC)[C@@H](C)C(=O)NCCc1ccccc1)OC)N(C)C(=O)[C@@H](CC(=O)[C@@H](NC)C(C)C)C(C)C. The normalized spacial score (nSPS) is 20.4. The van der Waals surface area contributed by atoms with E-state index >= 15 is 0 Å². The van der Waals surface area contributed by atoms with Crippen LogP contribution >= 0.6 is 0 Å². The number of carbonyl (C=O) groups excluding carboxylic acids is 4. The van der Waals surface area contributed by atoms with Gasteiger partial charge < -0.3 is 34.6 Å². The van der Waals surface area contributed by atoms with Crippen LogP contribution < -0.4 is 10.6 Å². The van der Waals surface area contributed by atoms with E-state index in [4.69, 9.17) is 14.2 Å². The number of likely N-dealkylation sites (tertiary alicyclic amines) is 1. The second-order valence-corrected chi connectivity index (χ2v) is 15.1. The number of ether oxygens (including phenoxy) is 3. The van der Waals surface area contributed by atoms with Crippen LogP contribution in [0.15, 0.2) is 30.3 Å².